The predicted molar refractivity (Wildman–Crippen MR) is 111 cm³/mol. The number of thiazole rings is 1. The van der Waals surface area contributed by atoms with Crippen LogP contribution in [0.2, 0.25) is 0 Å². The highest BCUT2D eigenvalue weighted by atomic mass is 32.1. The van der Waals surface area contributed by atoms with Crippen molar-refractivity contribution >= 4 is 22.6 Å². The lowest BCUT2D eigenvalue weighted by Gasteiger charge is -2.14. The number of hydrogen-bond acceptors (Lipinski definition) is 7. The van der Waals surface area contributed by atoms with E-state index < -0.39 is 0 Å². The normalized spacial score (nSPS) is 10.9. The van der Waals surface area contributed by atoms with Crippen molar-refractivity contribution in [3.8, 4) is 34.6 Å². The zero-order chi connectivity index (χ0) is 19.9. The molecule has 3 aromatic rings. The second kappa shape index (κ2) is 8.93. The number of nitriles is 1. The summed E-state index contributed by atoms with van der Waals surface area (Å²) in [6.07, 6.45) is 1.62. The van der Waals surface area contributed by atoms with E-state index in [0.29, 0.717) is 33.5 Å². The van der Waals surface area contributed by atoms with Gasteiger partial charge >= 0.3 is 0 Å². The number of methoxy groups -OCH3 is 3. The number of ether oxygens (including phenoxy) is 3. The number of rotatable bonds is 7. The molecule has 0 aliphatic rings. The van der Waals surface area contributed by atoms with Gasteiger partial charge in [0.25, 0.3) is 0 Å². The van der Waals surface area contributed by atoms with E-state index >= 15 is 0 Å². The molecule has 142 valence electrons. The number of benzene rings is 2. The molecule has 0 radical (unpaired) electrons. The van der Waals surface area contributed by atoms with Crippen LogP contribution in [-0.2, 0) is 0 Å². The van der Waals surface area contributed by atoms with Crippen LogP contribution in [0, 0.1) is 11.3 Å². The van der Waals surface area contributed by atoms with Gasteiger partial charge in [0.05, 0.1) is 27.0 Å². The summed E-state index contributed by atoms with van der Waals surface area (Å²) in [5.41, 5.74) is 2.98. The van der Waals surface area contributed by atoms with Crippen LogP contribution in [0.5, 0.6) is 17.2 Å². The average molecular weight is 393 g/mol. The Kier molecular flexibility index (Phi) is 6.14. The molecule has 2 aromatic carbocycles. The summed E-state index contributed by atoms with van der Waals surface area (Å²) in [5, 5.41) is 15.3. The fourth-order valence-corrected chi connectivity index (χ4v) is 3.40. The summed E-state index contributed by atoms with van der Waals surface area (Å²) in [6.45, 7) is 0. The Hall–Kier alpha value is -3.50. The standard InChI is InChI=1S/C21H19N3O3S/c1-25-18-9-16(10-19(26-2)20(18)27-3)23-12-15(11-22)21-24-17(13-28-21)14-7-5-4-6-8-14/h4-10,12-13,23H,1-3H3/b15-12-. The third-order valence-electron chi connectivity index (χ3n) is 3.97. The average Bonchev–Trinajstić information content (AvgIpc) is 3.24. The molecule has 0 fully saturated rings. The van der Waals surface area contributed by atoms with E-state index in [9.17, 15) is 5.26 Å². The van der Waals surface area contributed by atoms with E-state index in [-0.39, 0.29) is 0 Å². The Labute approximate surface area is 167 Å². The Morgan fingerprint density at radius 2 is 1.75 bits per heavy atom. The molecule has 0 aliphatic heterocycles. The molecule has 0 aliphatic carbocycles. The molecule has 28 heavy (non-hydrogen) atoms. The van der Waals surface area contributed by atoms with Crippen LogP contribution >= 0.6 is 11.3 Å². The summed E-state index contributed by atoms with van der Waals surface area (Å²) in [6, 6.07) is 15.6. The Morgan fingerprint density at radius 3 is 2.32 bits per heavy atom. The van der Waals surface area contributed by atoms with Gasteiger partial charge in [0, 0.05) is 35.0 Å². The van der Waals surface area contributed by atoms with Gasteiger partial charge in [-0.25, -0.2) is 4.98 Å². The van der Waals surface area contributed by atoms with Crippen molar-refractivity contribution in [3.63, 3.8) is 0 Å². The van der Waals surface area contributed by atoms with Crippen molar-refractivity contribution in [2.45, 2.75) is 0 Å². The van der Waals surface area contributed by atoms with E-state index in [1.807, 2.05) is 35.7 Å². The smallest absolute Gasteiger partial charge is 0.203 e. The molecule has 0 unspecified atom stereocenters. The number of nitrogens with one attached hydrogen (secondary N) is 1. The minimum absolute atomic E-state index is 0.431. The Bertz CT molecular complexity index is 998. The van der Waals surface area contributed by atoms with Crippen LogP contribution in [0.15, 0.2) is 54.0 Å². The highest BCUT2D eigenvalue weighted by molar-refractivity contribution is 7.11. The zero-order valence-electron chi connectivity index (χ0n) is 15.7. The molecular weight excluding hydrogens is 374 g/mol. The number of anilines is 1. The predicted octanol–water partition coefficient (Wildman–Crippen LogP) is 4.81. The van der Waals surface area contributed by atoms with E-state index in [2.05, 4.69) is 16.4 Å². The second-order valence-corrected chi connectivity index (χ2v) is 6.49. The Balaban J connectivity index is 1.87. The van der Waals surface area contributed by atoms with Crippen LogP contribution < -0.4 is 19.5 Å². The maximum absolute atomic E-state index is 9.56. The van der Waals surface area contributed by atoms with Crippen LogP contribution in [0.4, 0.5) is 5.69 Å². The van der Waals surface area contributed by atoms with Crippen molar-refractivity contribution in [1.82, 2.24) is 4.98 Å². The van der Waals surface area contributed by atoms with Gasteiger partial charge < -0.3 is 19.5 Å². The van der Waals surface area contributed by atoms with Gasteiger partial charge in [0.2, 0.25) is 5.75 Å². The Morgan fingerprint density at radius 1 is 1.07 bits per heavy atom. The molecule has 1 heterocycles. The van der Waals surface area contributed by atoms with Crippen LogP contribution in [-0.4, -0.2) is 26.3 Å². The maximum atomic E-state index is 9.56. The molecule has 0 spiro atoms. The summed E-state index contributed by atoms with van der Waals surface area (Å²) >= 11 is 1.42. The molecule has 0 saturated carbocycles. The molecule has 3 rings (SSSR count). The van der Waals surface area contributed by atoms with E-state index in [4.69, 9.17) is 14.2 Å². The van der Waals surface area contributed by atoms with Crippen LogP contribution in [0.25, 0.3) is 16.8 Å². The van der Waals surface area contributed by atoms with Crippen molar-refractivity contribution in [2.24, 2.45) is 0 Å². The van der Waals surface area contributed by atoms with Crippen LogP contribution in [0.3, 0.4) is 0 Å². The molecule has 0 amide bonds. The fourth-order valence-electron chi connectivity index (χ4n) is 2.60. The molecule has 0 saturated heterocycles. The van der Waals surface area contributed by atoms with Gasteiger partial charge in [0.15, 0.2) is 11.5 Å². The van der Waals surface area contributed by atoms with Crippen molar-refractivity contribution in [2.75, 3.05) is 26.6 Å². The van der Waals surface area contributed by atoms with E-state index in [1.54, 1.807) is 39.7 Å². The third kappa shape index (κ3) is 4.08. The third-order valence-corrected chi connectivity index (χ3v) is 4.85. The second-order valence-electron chi connectivity index (χ2n) is 5.63. The number of nitrogens with zero attached hydrogens (tertiary/aromatic N) is 2. The molecule has 0 bridgehead atoms. The largest absolute Gasteiger partial charge is 0.493 e. The van der Waals surface area contributed by atoms with Gasteiger partial charge in [-0.3, -0.25) is 0 Å². The molecule has 6 nitrogen and oxygen atoms in total. The van der Waals surface area contributed by atoms with Crippen molar-refractivity contribution < 1.29 is 14.2 Å². The topological polar surface area (TPSA) is 76.4 Å². The van der Waals surface area contributed by atoms with Gasteiger partial charge in [0.1, 0.15) is 16.6 Å². The summed E-state index contributed by atoms with van der Waals surface area (Å²) < 4.78 is 16.0. The zero-order valence-corrected chi connectivity index (χ0v) is 16.5. The minimum atomic E-state index is 0.431. The molecule has 7 heteroatoms. The number of aromatic nitrogens is 1. The first-order valence-corrected chi connectivity index (χ1v) is 9.26. The number of hydrogen-bond donors (Lipinski definition) is 1. The first kappa shape index (κ1) is 19.3. The van der Waals surface area contributed by atoms with Gasteiger partial charge in [-0.1, -0.05) is 30.3 Å². The molecule has 0 atom stereocenters. The molecular formula is C21H19N3O3S. The molecule has 1 N–H and O–H groups in total. The SMILES string of the molecule is COc1cc(N/C=C(/C#N)c2nc(-c3ccccc3)cs2)cc(OC)c1OC. The lowest BCUT2D eigenvalue weighted by atomic mass is 10.2. The fraction of sp³-hybridized carbons (Fsp3) is 0.143. The van der Waals surface area contributed by atoms with Crippen molar-refractivity contribution in [3.05, 3.63) is 59.1 Å². The highest BCUT2D eigenvalue weighted by Gasteiger charge is 2.13. The quantitative estimate of drug-likeness (QED) is 0.581. The first-order valence-electron chi connectivity index (χ1n) is 8.38. The minimum Gasteiger partial charge on any atom is -0.493 e. The van der Waals surface area contributed by atoms with Crippen molar-refractivity contribution in [1.29, 1.82) is 5.26 Å². The van der Waals surface area contributed by atoms with E-state index in [1.165, 1.54) is 11.3 Å². The summed E-state index contributed by atoms with van der Waals surface area (Å²) in [5.74, 6) is 1.56. The van der Waals surface area contributed by atoms with Crippen LogP contribution in [0.1, 0.15) is 5.01 Å². The maximum Gasteiger partial charge on any atom is 0.203 e. The van der Waals surface area contributed by atoms with Gasteiger partial charge in [-0.15, -0.1) is 11.3 Å². The van der Waals surface area contributed by atoms with Gasteiger partial charge in [-0.2, -0.15) is 5.26 Å². The number of allylic oxidation sites excluding steroid dienone is 1. The summed E-state index contributed by atoms with van der Waals surface area (Å²) in [7, 11) is 4.66. The highest BCUT2D eigenvalue weighted by Crippen LogP contribution is 2.40. The van der Waals surface area contributed by atoms with E-state index in [0.717, 1.165) is 11.3 Å². The monoisotopic (exact) mass is 393 g/mol. The lowest BCUT2D eigenvalue weighted by molar-refractivity contribution is 0.324. The summed E-state index contributed by atoms with van der Waals surface area (Å²) in [4.78, 5) is 4.58. The molecule has 1 aromatic heterocycles. The van der Waals surface area contributed by atoms with Gasteiger partial charge in [-0.05, 0) is 0 Å². The lowest BCUT2D eigenvalue weighted by Crippen LogP contribution is -1.98. The first-order chi connectivity index (χ1) is 13.7.